The molecule has 1 aliphatic rings. The first-order chi connectivity index (χ1) is 10.7. The number of H-pyrrole nitrogens is 1. The average Bonchev–Trinajstić information content (AvgIpc) is 3.16. The molecule has 0 spiro atoms. The third-order valence-electron chi connectivity index (χ3n) is 4.00. The minimum atomic E-state index is -0.406. The molecule has 1 N–H and O–H groups in total. The molecule has 0 saturated heterocycles. The summed E-state index contributed by atoms with van der Waals surface area (Å²) >= 11 is 0. The third kappa shape index (κ3) is 2.19. The number of carbonyl (C=O) groups excluding carboxylic acids is 2. The first-order valence-electron chi connectivity index (χ1n) is 7.54. The third-order valence-corrected chi connectivity index (χ3v) is 4.00. The van der Waals surface area contributed by atoms with Gasteiger partial charge in [0.05, 0.1) is 0 Å². The molecule has 0 radical (unpaired) electrons. The van der Waals surface area contributed by atoms with Gasteiger partial charge in [0.25, 0.3) is 0 Å². The van der Waals surface area contributed by atoms with Crippen LogP contribution in [0.1, 0.15) is 38.4 Å². The normalized spacial score (nSPS) is 15.0. The number of fused-ring (bicyclic) bond motifs is 1. The first-order valence-corrected chi connectivity index (χ1v) is 7.54. The zero-order valence-corrected chi connectivity index (χ0v) is 12.7. The Labute approximate surface area is 129 Å². The molecule has 1 aromatic carbocycles. The van der Waals surface area contributed by atoms with Crippen molar-refractivity contribution in [1.82, 2.24) is 14.8 Å². The molecular weight excluding hydrogens is 278 g/mol. The van der Waals surface area contributed by atoms with Crippen LogP contribution in [0.2, 0.25) is 0 Å². The largest absolute Gasteiger partial charge is 0.361 e. The molecule has 22 heavy (non-hydrogen) atoms. The lowest BCUT2D eigenvalue weighted by Gasteiger charge is -2.30. The highest BCUT2D eigenvalue weighted by Gasteiger charge is 2.35. The smallest absolute Gasteiger partial charge is 0.228 e. The van der Waals surface area contributed by atoms with Crippen LogP contribution in [0.5, 0.6) is 0 Å². The van der Waals surface area contributed by atoms with E-state index in [1.807, 2.05) is 44.3 Å². The van der Waals surface area contributed by atoms with Gasteiger partial charge in [0, 0.05) is 47.9 Å². The van der Waals surface area contributed by atoms with Gasteiger partial charge in [-0.25, -0.2) is 0 Å². The van der Waals surface area contributed by atoms with Gasteiger partial charge >= 0.3 is 0 Å². The summed E-state index contributed by atoms with van der Waals surface area (Å²) in [4.78, 5) is 31.0. The van der Waals surface area contributed by atoms with Crippen LogP contribution in [0.15, 0.2) is 42.9 Å². The maximum atomic E-state index is 12.2. The standard InChI is InChI=1S/C17H19N3O2/c1-3-15(21)19-9-10-20(16(22)4-2)17(19)13-11-18-14-8-6-5-7-12(13)14/h5-11,17-18H,3-4H2,1-2H3. The van der Waals surface area contributed by atoms with E-state index in [9.17, 15) is 9.59 Å². The zero-order chi connectivity index (χ0) is 15.7. The van der Waals surface area contributed by atoms with Crippen molar-refractivity contribution in [2.75, 3.05) is 0 Å². The second kappa shape index (κ2) is 5.67. The molecule has 0 fully saturated rings. The molecule has 5 heteroatoms. The Balaban J connectivity index is 2.09. The Bertz CT molecular complexity index is 721. The highest BCUT2D eigenvalue weighted by atomic mass is 16.2. The number of aromatic nitrogens is 1. The number of para-hydroxylation sites is 1. The van der Waals surface area contributed by atoms with Crippen LogP contribution in [0.4, 0.5) is 0 Å². The van der Waals surface area contributed by atoms with E-state index in [1.165, 1.54) is 0 Å². The summed E-state index contributed by atoms with van der Waals surface area (Å²) in [6.07, 6.45) is 5.68. The van der Waals surface area contributed by atoms with Gasteiger partial charge in [-0.3, -0.25) is 19.4 Å². The second-order valence-corrected chi connectivity index (χ2v) is 5.27. The lowest BCUT2D eigenvalue weighted by molar-refractivity contribution is -0.137. The van der Waals surface area contributed by atoms with E-state index < -0.39 is 6.17 Å². The number of hydrogen-bond acceptors (Lipinski definition) is 2. The molecule has 1 aromatic heterocycles. The maximum absolute atomic E-state index is 12.2. The topological polar surface area (TPSA) is 56.4 Å². The number of nitrogens with zero attached hydrogens (tertiary/aromatic N) is 2. The van der Waals surface area contributed by atoms with Crippen molar-refractivity contribution in [2.24, 2.45) is 0 Å². The fourth-order valence-corrected chi connectivity index (χ4v) is 2.85. The first kappa shape index (κ1) is 14.4. The van der Waals surface area contributed by atoms with Crippen molar-refractivity contribution in [3.63, 3.8) is 0 Å². The molecule has 114 valence electrons. The monoisotopic (exact) mass is 297 g/mol. The summed E-state index contributed by atoms with van der Waals surface area (Å²) in [6.45, 7) is 3.65. The second-order valence-electron chi connectivity index (χ2n) is 5.27. The Morgan fingerprint density at radius 3 is 2.23 bits per heavy atom. The molecule has 1 aliphatic heterocycles. The molecule has 0 bridgehead atoms. The predicted molar refractivity (Wildman–Crippen MR) is 84.5 cm³/mol. The lowest BCUT2D eigenvalue weighted by Crippen LogP contribution is -2.37. The van der Waals surface area contributed by atoms with Crippen molar-refractivity contribution in [3.05, 3.63) is 48.4 Å². The number of rotatable bonds is 3. The van der Waals surface area contributed by atoms with Crippen LogP contribution in [0.3, 0.4) is 0 Å². The Kier molecular flexibility index (Phi) is 3.71. The highest BCUT2D eigenvalue weighted by Crippen LogP contribution is 2.35. The van der Waals surface area contributed by atoms with E-state index in [4.69, 9.17) is 0 Å². The predicted octanol–water partition coefficient (Wildman–Crippen LogP) is 3.13. The lowest BCUT2D eigenvalue weighted by atomic mass is 10.1. The van der Waals surface area contributed by atoms with E-state index in [2.05, 4.69) is 4.98 Å². The van der Waals surface area contributed by atoms with Crippen LogP contribution in [-0.4, -0.2) is 26.6 Å². The molecule has 5 nitrogen and oxygen atoms in total. The minimum Gasteiger partial charge on any atom is -0.361 e. The number of hydrogen-bond donors (Lipinski definition) is 1. The van der Waals surface area contributed by atoms with Gasteiger partial charge in [-0.2, -0.15) is 0 Å². The molecule has 2 heterocycles. The molecule has 0 atom stereocenters. The molecule has 3 rings (SSSR count). The molecule has 2 aromatic rings. The number of aromatic amines is 1. The SMILES string of the molecule is CCC(=O)N1C=CN(C(=O)CC)C1c1c[nH]c2ccccc12. The fraction of sp³-hybridized carbons (Fsp3) is 0.294. The van der Waals surface area contributed by atoms with Gasteiger partial charge in [0.1, 0.15) is 6.17 Å². The minimum absolute atomic E-state index is 0.00191. The number of amides is 2. The van der Waals surface area contributed by atoms with Crippen LogP contribution < -0.4 is 0 Å². The van der Waals surface area contributed by atoms with Gasteiger partial charge in [0.2, 0.25) is 11.8 Å². The van der Waals surface area contributed by atoms with Crippen molar-refractivity contribution in [1.29, 1.82) is 0 Å². The summed E-state index contributed by atoms with van der Waals surface area (Å²) < 4.78 is 0. The van der Waals surface area contributed by atoms with Gasteiger partial charge < -0.3 is 4.98 Å². The van der Waals surface area contributed by atoms with Crippen molar-refractivity contribution in [3.8, 4) is 0 Å². The van der Waals surface area contributed by atoms with E-state index in [0.29, 0.717) is 12.8 Å². The zero-order valence-electron chi connectivity index (χ0n) is 12.7. The van der Waals surface area contributed by atoms with Crippen LogP contribution in [-0.2, 0) is 9.59 Å². The average molecular weight is 297 g/mol. The van der Waals surface area contributed by atoms with Crippen molar-refractivity contribution in [2.45, 2.75) is 32.9 Å². The molecular formula is C17H19N3O2. The molecule has 0 saturated carbocycles. The van der Waals surface area contributed by atoms with Gasteiger partial charge in [-0.1, -0.05) is 32.0 Å². The number of nitrogens with one attached hydrogen (secondary N) is 1. The van der Waals surface area contributed by atoms with Crippen LogP contribution in [0.25, 0.3) is 10.9 Å². The Morgan fingerprint density at radius 2 is 1.64 bits per heavy atom. The highest BCUT2D eigenvalue weighted by molar-refractivity contribution is 5.87. The van der Waals surface area contributed by atoms with E-state index >= 15 is 0 Å². The quantitative estimate of drug-likeness (QED) is 0.946. The van der Waals surface area contributed by atoms with Gasteiger partial charge in [0.15, 0.2) is 0 Å². The Hall–Kier alpha value is -2.56. The summed E-state index contributed by atoms with van der Waals surface area (Å²) in [5.74, 6) is -0.00383. The number of benzene rings is 1. The summed E-state index contributed by atoms with van der Waals surface area (Å²) in [5, 5.41) is 1.03. The molecule has 2 amide bonds. The van der Waals surface area contributed by atoms with E-state index in [0.717, 1.165) is 16.5 Å². The Morgan fingerprint density at radius 1 is 1.05 bits per heavy atom. The number of carbonyl (C=O) groups is 2. The maximum Gasteiger partial charge on any atom is 0.228 e. The van der Waals surface area contributed by atoms with Crippen molar-refractivity contribution < 1.29 is 9.59 Å². The van der Waals surface area contributed by atoms with Gasteiger partial charge in [-0.15, -0.1) is 0 Å². The molecule has 0 aliphatic carbocycles. The summed E-state index contributed by atoms with van der Waals surface area (Å²) in [5.41, 5.74) is 1.93. The van der Waals surface area contributed by atoms with E-state index in [-0.39, 0.29) is 11.8 Å². The van der Waals surface area contributed by atoms with Crippen molar-refractivity contribution >= 4 is 22.7 Å². The summed E-state index contributed by atoms with van der Waals surface area (Å²) in [7, 11) is 0. The summed E-state index contributed by atoms with van der Waals surface area (Å²) in [6, 6.07) is 7.90. The molecule has 0 unspecified atom stereocenters. The van der Waals surface area contributed by atoms with Gasteiger partial charge in [-0.05, 0) is 6.07 Å². The fourth-order valence-electron chi connectivity index (χ4n) is 2.85. The van der Waals surface area contributed by atoms with Crippen LogP contribution in [0, 0.1) is 0 Å². The van der Waals surface area contributed by atoms with Crippen LogP contribution >= 0.6 is 0 Å². The van der Waals surface area contributed by atoms with E-state index in [1.54, 1.807) is 22.2 Å².